The first-order valence-electron chi connectivity index (χ1n) is 7.75. The van der Waals surface area contributed by atoms with Gasteiger partial charge in [-0.1, -0.05) is 11.6 Å². The lowest BCUT2D eigenvalue weighted by Crippen LogP contribution is -2.16. The van der Waals surface area contributed by atoms with E-state index in [2.05, 4.69) is 10.6 Å². The molecule has 0 fully saturated rings. The summed E-state index contributed by atoms with van der Waals surface area (Å²) in [5, 5.41) is 5.75. The molecule has 0 aliphatic carbocycles. The molecular formula is C18H18ClFN2O3. The van der Waals surface area contributed by atoms with Crippen molar-refractivity contribution in [1.29, 1.82) is 0 Å². The molecular weight excluding hydrogens is 347 g/mol. The maximum atomic E-state index is 13.1. The van der Waals surface area contributed by atoms with Crippen LogP contribution in [0.15, 0.2) is 42.5 Å². The van der Waals surface area contributed by atoms with Crippen molar-refractivity contribution in [3.63, 3.8) is 0 Å². The van der Waals surface area contributed by atoms with Crippen molar-refractivity contribution in [2.24, 2.45) is 0 Å². The molecule has 5 nitrogen and oxygen atoms in total. The Morgan fingerprint density at radius 1 is 1.12 bits per heavy atom. The lowest BCUT2D eigenvalue weighted by molar-refractivity contribution is -0.115. The summed E-state index contributed by atoms with van der Waals surface area (Å²) in [6, 6.07) is 10.7. The van der Waals surface area contributed by atoms with Crippen molar-refractivity contribution in [3.8, 4) is 0 Å². The van der Waals surface area contributed by atoms with Crippen LogP contribution < -0.4 is 10.6 Å². The molecule has 0 spiro atoms. The minimum Gasteiger partial charge on any atom is -0.462 e. The van der Waals surface area contributed by atoms with Crippen molar-refractivity contribution in [1.82, 2.24) is 0 Å². The van der Waals surface area contributed by atoms with Gasteiger partial charge < -0.3 is 15.4 Å². The topological polar surface area (TPSA) is 67.4 Å². The molecule has 0 radical (unpaired) electrons. The maximum absolute atomic E-state index is 13.1. The molecule has 2 aromatic carbocycles. The highest BCUT2D eigenvalue weighted by Crippen LogP contribution is 2.19. The molecule has 1 amide bonds. The molecule has 2 rings (SSSR count). The molecule has 0 bridgehead atoms. The molecule has 0 unspecified atom stereocenters. The van der Waals surface area contributed by atoms with Gasteiger partial charge >= 0.3 is 5.97 Å². The van der Waals surface area contributed by atoms with Gasteiger partial charge in [-0.3, -0.25) is 4.79 Å². The third kappa shape index (κ3) is 5.76. The van der Waals surface area contributed by atoms with Crippen LogP contribution in [0.25, 0.3) is 0 Å². The minimum absolute atomic E-state index is 0.0242. The Balaban J connectivity index is 1.79. The first-order valence-corrected chi connectivity index (χ1v) is 8.13. The van der Waals surface area contributed by atoms with E-state index in [-0.39, 0.29) is 17.4 Å². The van der Waals surface area contributed by atoms with E-state index in [0.29, 0.717) is 30.1 Å². The Kier molecular flexibility index (Phi) is 6.77. The SMILES string of the molecule is CCOC(=O)c1ccc(NC(=O)CCNc2ccc(F)c(Cl)c2)cc1. The number of halogens is 2. The number of amides is 1. The Hall–Kier alpha value is -2.60. The van der Waals surface area contributed by atoms with Crippen molar-refractivity contribution >= 4 is 34.9 Å². The summed E-state index contributed by atoms with van der Waals surface area (Å²) in [5.74, 6) is -1.08. The predicted molar refractivity (Wildman–Crippen MR) is 95.5 cm³/mol. The first kappa shape index (κ1) is 18.7. The van der Waals surface area contributed by atoms with Crippen LogP contribution in [-0.4, -0.2) is 25.0 Å². The molecule has 2 N–H and O–H groups in total. The molecule has 25 heavy (non-hydrogen) atoms. The Bertz CT molecular complexity index is 750. The van der Waals surface area contributed by atoms with Crippen LogP contribution in [0.5, 0.6) is 0 Å². The monoisotopic (exact) mass is 364 g/mol. The van der Waals surface area contributed by atoms with Crippen LogP contribution in [0.2, 0.25) is 5.02 Å². The molecule has 0 saturated carbocycles. The number of nitrogens with one attached hydrogen (secondary N) is 2. The van der Waals surface area contributed by atoms with Gasteiger partial charge in [-0.05, 0) is 49.4 Å². The van der Waals surface area contributed by atoms with Gasteiger partial charge in [-0.2, -0.15) is 0 Å². The van der Waals surface area contributed by atoms with Crippen LogP contribution >= 0.6 is 11.6 Å². The highest BCUT2D eigenvalue weighted by molar-refractivity contribution is 6.31. The van der Waals surface area contributed by atoms with Gasteiger partial charge in [0, 0.05) is 24.3 Å². The van der Waals surface area contributed by atoms with E-state index < -0.39 is 11.8 Å². The van der Waals surface area contributed by atoms with E-state index in [0.717, 1.165) is 0 Å². The quantitative estimate of drug-likeness (QED) is 0.726. The fourth-order valence-corrected chi connectivity index (χ4v) is 2.23. The van der Waals surface area contributed by atoms with Gasteiger partial charge in [0.05, 0.1) is 17.2 Å². The van der Waals surface area contributed by atoms with Crippen LogP contribution in [0.3, 0.4) is 0 Å². The van der Waals surface area contributed by atoms with Crippen molar-refractivity contribution in [2.45, 2.75) is 13.3 Å². The van der Waals surface area contributed by atoms with Crippen LogP contribution in [0.1, 0.15) is 23.7 Å². The molecule has 0 aromatic heterocycles. The van der Waals surface area contributed by atoms with Crippen LogP contribution in [0, 0.1) is 5.82 Å². The molecule has 0 atom stereocenters. The number of esters is 1. The number of rotatable bonds is 7. The number of anilines is 2. The maximum Gasteiger partial charge on any atom is 0.338 e. The van der Waals surface area contributed by atoms with E-state index in [1.54, 1.807) is 37.3 Å². The summed E-state index contributed by atoms with van der Waals surface area (Å²) in [5.41, 5.74) is 1.65. The molecule has 132 valence electrons. The lowest BCUT2D eigenvalue weighted by atomic mass is 10.2. The molecule has 2 aromatic rings. The number of hydrogen-bond donors (Lipinski definition) is 2. The van der Waals surface area contributed by atoms with E-state index in [1.165, 1.54) is 12.1 Å². The standard InChI is InChI=1S/C18H18ClFN2O3/c1-2-25-18(24)12-3-5-13(6-4-12)22-17(23)9-10-21-14-7-8-16(20)15(19)11-14/h3-8,11,21H,2,9-10H2,1H3,(H,22,23). The molecule has 0 saturated heterocycles. The summed E-state index contributed by atoms with van der Waals surface area (Å²) in [6.07, 6.45) is 0.217. The molecule has 0 aliphatic rings. The number of hydrogen-bond acceptors (Lipinski definition) is 4. The summed E-state index contributed by atoms with van der Waals surface area (Å²) in [7, 11) is 0. The summed E-state index contributed by atoms with van der Waals surface area (Å²) < 4.78 is 18.0. The third-order valence-corrected chi connectivity index (χ3v) is 3.57. The number of ether oxygens (including phenoxy) is 1. The largest absolute Gasteiger partial charge is 0.462 e. The van der Waals surface area contributed by atoms with Crippen LogP contribution in [0.4, 0.5) is 15.8 Å². The summed E-state index contributed by atoms with van der Waals surface area (Å²) in [6.45, 7) is 2.42. The lowest BCUT2D eigenvalue weighted by Gasteiger charge is -2.08. The average Bonchev–Trinajstić information content (AvgIpc) is 2.59. The first-order chi connectivity index (χ1) is 12.0. The van der Waals surface area contributed by atoms with E-state index in [9.17, 15) is 14.0 Å². The minimum atomic E-state index is -0.490. The fraction of sp³-hybridized carbons (Fsp3) is 0.222. The zero-order valence-corrected chi connectivity index (χ0v) is 14.4. The smallest absolute Gasteiger partial charge is 0.338 e. The molecule has 0 aliphatic heterocycles. The van der Waals surface area contributed by atoms with Gasteiger partial charge in [0.15, 0.2) is 0 Å². The normalized spacial score (nSPS) is 10.2. The zero-order valence-electron chi connectivity index (χ0n) is 13.6. The second-order valence-corrected chi connectivity index (χ2v) is 5.56. The predicted octanol–water partition coefficient (Wildman–Crippen LogP) is 4.10. The van der Waals surface area contributed by atoms with Gasteiger partial charge in [-0.25, -0.2) is 9.18 Å². The van der Waals surface area contributed by atoms with E-state index in [1.807, 2.05) is 0 Å². The summed E-state index contributed by atoms with van der Waals surface area (Å²) >= 11 is 5.69. The highest BCUT2D eigenvalue weighted by atomic mass is 35.5. The van der Waals surface area contributed by atoms with Crippen molar-refractivity contribution in [2.75, 3.05) is 23.8 Å². The Morgan fingerprint density at radius 3 is 2.44 bits per heavy atom. The number of carbonyl (C=O) groups is 2. The highest BCUT2D eigenvalue weighted by Gasteiger charge is 2.07. The zero-order chi connectivity index (χ0) is 18.2. The molecule has 0 heterocycles. The van der Waals surface area contributed by atoms with Gasteiger partial charge in [-0.15, -0.1) is 0 Å². The van der Waals surface area contributed by atoms with E-state index >= 15 is 0 Å². The second kappa shape index (κ2) is 9.03. The van der Waals surface area contributed by atoms with Gasteiger partial charge in [0.2, 0.25) is 5.91 Å². The number of carbonyl (C=O) groups excluding carboxylic acids is 2. The third-order valence-electron chi connectivity index (χ3n) is 3.28. The van der Waals surface area contributed by atoms with Gasteiger partial charge in [0.25, 0.3) is 0 Å². The number of benzene rings is 2. The van der Waals surface area contributed by atoms with E-state index in [4.69, 9.17) is 16.3 Å². The Morgan fingerprint density at radius 2 is 1.80 bits per heavy atom. The Labute approximate surface area is 150 Å². The van der Waals surface area contributed by atoms with Crippen molar-refractivity contribution in [3.05, 3.63) is 58.9 Å². The van der Waals surface area contributed by atoms with Crippen LogP contribution in [-0.2, 0) is 9.53 Å². The molecule has 7 heteroatoms. The van der Waals surface area contributed by atoms with Gasteiger partial charge in [0.1, 0.15) is 5.82 Å². The van der Waals surface area contributed by atoms with Crippen molar-refractivity contribution < 1.29 is 18.7 Å². The fourth-order valence-electron chi connectivity index (χ4n) is 2.05. The summed E-state index contributed by atoms with van der Waals surface area (Å²) in [4.78, 5) is 23.5. The second-order valence-electron chi connectivity index (χ2n) is 5.15. The average molecular weight is 365 g/mol.